The lowest BCUT2D eigenvalue weighted by Crippen LogP contribution is -2.29. The van der Waals surface area contributed by atoms with Crippen LogP contribution in [0.3, 0.4) is 0 Å². The predicted molar refractivity (Wildman–Crippen MR) is 87.3 cm³/mol. The van der Waals surface area contributed by atoms with Crippen LogP contribution in [-0.4, -0.2) is 15.5 Å². The molecule has 0 bridgehead atoms. The number of carbonyl (C=O) groups excluding carboxylic acids is 1. The molecule has 0 fully saturated rings. The van der Waals surface area contributed by atoms with Crippen molar-refractivity contribution in [1.29, 1.82) is 0 Å². The van der Waals surface area contributed by atoms with E-state index in [1.54, 1.807) is 6.33 Å². The molecule has 0 spiro atoms. The molecule has 0 saturated heterocycles. The maximum atomic E-state index is 12.0. The van der Waals surface area contributed by atoms with Crippen molar-refractivity contribution in [2.75, 3.05) is 0 Å². The summed E-state index contributed by atoms with van der Waals surface area (Å²) in [5.74, 6) is 1.11. The molecule has 1 aliphatic carbocycles. The zero-order chi connectivity index (χ0) is 16.2. The molecular formula is C18H23N3O2. The van der Waals surface area contributed by atoms with Gasteiger partial charge in [-0.15, -0.1) is 0 Å². The summed E-state index contributed by atoms with van der Waals surface area (Å²) in [6.07, 6.45) is 3.75. The average molecular weight is 313 g/mol. The molecule has 2 atom stereocenters. The van der Waals surface area contributed by atoms with Crippen molar-refractivity contribution in [3.05, 3.63) is 53.6 Å². The molecule has 0 aliphatic heterocycles. The average Bonchev–Trinajstić information content (AvgIpc) is 2.91. The Morgan fingerprint density at radius 1 is 1.26 bits per heavy atom. The number of fused-ring (bicyclic) bond motifs is 1. The largest absolute Gasteiger partial charge is 0.325 e. The second-order valence-electron chi connectivity index (χ2n) is 6.43. The standard InChI is InChI=1S/C18H23N3O2/c1-13-8-16-17(9-14(13)2)21(12-19-16)10-18(22)20-23-11-15-6-4-3-5-7-15/h3-7,12-14H,8-11H2,1-2H3,(H,20,22). The number of nitrogens with one attached hydrogen (secondary N) is 1. The van der Waals surface area contributed by atoms with Gasteiger partial charge in [-0.2, -0.15) is 0 Å². The molecule has 5 nitrogen and oxygen atoms in total. The van der Waals surface area contributed by atoms with E-state index in [2.05, 4.69) is 24.3 Å². The fourth-order valence-corrected chi connectivity index (χ4v) is 2.96. The Morgan fingerprint density at radius 3 is 2.78 bits per heavy atom. The van der Waals surface area contributed by atoms with Gasteiger partial charge in [0.25, 0.3) is 5.91 Å². The highest BCUT2D eigenvalue weighted by Gasteiger charge is 2.26. The van der Waals surface area contributed by atoms with E-state index in [0.717, 1.165) is 24.1 Å². The summed E-state index contributed by atoms with van der Waals surface area (Å²) >= 11 is 0. The fraction of sp³-hybridized carbons (Fsp3) is 0.444. The second-order valence-corrected chi connectivity index (χ2v) is 6.43. The number of benzene rings is 1. The molecule has 1 aromatic carbocycles. The van der Waals surface area contributed by atoms with E-state index in [0.29, 0.717) is 18.4 Å². The molecule has 3 rings (SSSR count). The Bertz CT molecular complexity index is 666. The number of hydrogen-bond acceptors (Lipinski definition) is 3. The highest BCUT2D eigenvalue weighted by molar-refractivity contribution is 5.74. The molecule has 0 radical (unpaired) electrons. The zero-order valence-corrected chi connectivity index (χ0v) is 13.7. The molecule has 1 aliphatic rings. The molecule has 5 heteroatoms. The predicted octanol–water partition coefficient (Wildman–Crippen LogP) is 2.50. The van der Waals surface area contributed by atoms with Crippen LogP contribution in [0.25, 0.3) is 0 Å². The Morgan fingerprint density at radius 2 is 2.00 bits per heavy atom. The third-order valence-corrected chi connectivity index (χ3v) is 4.62. The zero-order valence-electron chi connectivity index (χ0n) is 13.7. The monoisotopic (exact) mass is 313 g/mol. The summed E-state index contributed by atoms with van der Waals surface area (Å²) in [4.78, 5) is 21.8. The number of carbonyl (C=O) groups is 1. The van der Waals surface area contributed by atoms with Gasteiger partial charge in [-0.1, -0.05) is 44.2 Å². The highest BCUT2D eigenvalue weighted by Crippen LogP contribution is 2.28. The number of imidazole rings is 1. The summed E-state index contributed by atoms with van der Waals surface area (Å²) in [6, 6.07) is 9.76. The third kappa shape index (κ3) is 3.79. The first-order chi connectivity index (χ1) is 11.1. The molecule has 1 heterocycles. The number of hydroxylamine groups is 1. The second kappa shape index (κ2) is 6.96. The fourth-order valence-electron chi connectivity index (χ4n) is 2.96. The van der Waals surface area contributed by atoms with Gasteiger partial charge >= 0.3 is 0 Å². The molecule has 122 valence electrons. The summed E-state index contributed by atoms with van der Waals surface area (Å²) in [6.45, 7) is 5.13. The first kappa shape index (κ1) is 15.7. The number of hydrogen-bond donors (Lipinski definition) is 1. The summed E-state index contributed by atoms with van der Waals surface area (Å²) in [5.41, 5.74) is 5.85. The normalized spacial score (nSPS) is 20.1. The van der Waals surface area contributed by atoms with Crippen molar-refractivity contribution in [2.24, 2.45) is 11.8 Å². The lowest BCUT2D eigenvalue weighted by Gasteiger charge is -2.26. The lowest BCUT2D eigenvalue weighted by molar-refractivity contribution is -0.135. The van der Waals surface area contributed by atoms with Crippen LogP contribution in [0.15, 0.2) is 36.7 Å². The van der Waals surface area contributed by atoms with Gasteiger partial charge in [-0.05, 0) is 30.2 Å². The molecule has 1 aromatic heterocycles. The van der Waals surface area contributed by atoms with Crippen molar-refractivity contribution >= 4 is 5.91 Å². The van der Waals surface area contributed by atoms with Crippen LogP contribution in [0.5, 0.6) is 0 Å². The van der Waals surface area contributed by atoms with Crippen LogP contribution in [0, 0.1) is 11.8 Å². The Kier molecular flexibility index (Phi) is 4.76. The smallest absolute Gasteiger partial charge is 0.263 e. The molecule has 23 heavy (non-hydrogen) atoms. The molecule has 0 saturated carbocycles. The first-order valence-corrected chi connectivity index (χ1v) is 8.11. The number of amides is 1. The SMILES string of the molecule is CC1Cc2ncn(CC(=O)NOCc3ccccc3)c2CC1C. The van der Waals surface area contributed by atoms with Gasteiger partial charge in [-0.25, -0.2) is 10.5 Å². The maximum absolute atomic E-state index is 12.0. The Labute approximate surface area is 136 Å². The van der Waals surface area contributed by atoms with Gasteiger partial charge in [0.1, 0.15) is 6.54 Å². The Hall–Kier alpha value is -2.14. The van der Waals surface area contributed by atoms with Crippen molar-refractivity contribution in [2.45, 2.75) is 39.8 Å². The van der Waals surface area contributed by atoms with E-state index >= 15 is 0 Å². The van der Waals surface area contributed by atoms with E-state index < -0.39 is 0 Å². The van der Waals surface area contributed by atoms with Gasteiger partial charge < -0.3 is 4.57 Å². The van der Waals surface area contributed by atoms with Gasteiger partial charge in [0.05, 0.1) is 18.6 Å². The maximum Gasteiger partial charge on any atom is 0.263 e. The van der Waals surface area contributed by atoms with E-state index in [1.807, 2.05) is 34.9 Å². The first-order valence-electron chi connectivity index (χ1n) is 8.11. The van der Waals surface area contributed by atoms with Crippen LogP contribution >= 0.6 is 0 Å². The van der Waals surface area contributed by atoms with Crippen molar-refractivity contribution in [3.63, 3.8) is 0 Å². The highest BCUT2D eigenvalue weighted by atomic mass is 16.6. The molecule has 2 unspecified atom stereocenters. The van der Waals surface area contributed by atoms with E-state index in [-0.39, 0.29) is 12.5 Å². The van der Waals surface area contributed by atoms with Gasteiger partial charge in [0.15, 0.2) is 0 Å². The van der Waals surface area contributed by atoms with Crippen LogP contribution in [0.1, 0.15) is 30.8 Å². The summed E-state index contributed by atoms with van der Waals surface area (Å²) in [5, 5.41) is 0. The van der Waals surface area contributed by atoms with Crippen molar-refractivity contribution in [1.82, 2.24) is 15.0 Å². The van der Waals surface area contributed by atoms with Gasteiger partial charge in [0.2, 0.25) is 0 Å². The van der Waals surface area contributed by atoms with Gasteiger partial charge in [0, 0.05) is 5.69 Å². The lowest BCUT2D eigenvalue weighted by atomic mass is 9.82. The topological polar surface area (TPSA) is 56.2 Å². The van der Waals surface area contributed by atoms with Crippen LogP contribution < -0.4 is 5.48 Å². The van der Waals surface area contributed by atoms with E-state index in [9.17, 15) is 4.79 Å². The molecular weight excluding hydrogens is 290 g/mol. The number of nitrogens with zero attached hydrogens (tertiary/aromatic N) is 2. The van der Waals surface area contributed by atoms with E-state index in [1.165, 1.54) is 5.69 Å². The molecule has 2 aromatic rings. The number of aromatic nitrogens is 2. The molecule has 1 amide bonds. The summed E-state index contributed by atoms with van der Waals surface area (Å²) in [7, 11) is 0. The Balaban J connectivity index is 1.53. The van der Waals surface area contributed by atoms with Crippen molar-refractivity contribution < 1.29 is 9.63 Å². The van der Waals surface area contributed by atoms with E-state index in [4.69, 9.17) is 4.84 Å². The minimum absolute atomic E-state index is 0.160. The van der Waals surface area contributed by atoms with Crippen LogP contribution in [-0.2, 0) is 35.6 Å². The minimum atomic E-state index is -0.160. The third-order valence-electron chi connectivity index (χ3n) is 4.62. The summed E-state index contributed by atoms with van der Waals surface area (Å²) < 4.78 is 1.94. The molecule has 1 N–H and O–H groups in total. The quantitative estimate of drug-likeness (QED) is 0.863. The van der Waals surface area contributed by atoms with Crippen LogP contribution in [0.2, 0.25) is 0 Å². The minimum Gasteiger partial charge on any atom is -0.325 e. The van der Waals surface area contributed by atoms with Gasteiger partial charge in [-0.3, -0.25) is 9.63 Å². The van der Waals surface area contributed by atoms with Crippen LogP contribution in [0.4, 0.5) is 0 Å². The van der Waals surface area contributed by atoms with Crippen molar-refractivity contribution in [3.8, 4) is 0 Å². The number of rotatable bonds is 5.